The van der Waals surface area contributed by atoms with Gasteiger partial charge in [-0.1, -0.05) is 24.3 Å². The molecule has 0 aliphatic carbocycles. The molecule has 0 fully saturated rings. The van der Waals surface area contributed by atoms with Gasteiger partial charge >= 0.3 is 12.1 Å². The molecule has 3 nitrogen and oxygen atoms in total. The molecule has 0 heterocycles. The molecule has 1 unspecified atom stereocenters. The Hall–Kier alpha value is -1.82. The second kappa shape index (κ2) is 5.01. The van der Waals surface area contributed by atoms with Crippen LogP contribution in [-0.4, -0.2) is 17.1 Å². The smallest absolute Gasteiger partial charge is 0.416 e. The molecule has 0 saturated heterocycles. The zero-order valence-electron chi connectivity index (χ0n) is 8.61. The van der Waals surface area contributed by atoms with Crippen LogP contribution in [0.15, 0.2) is 30.3 Å². The van der Waals surface area contributed by atoms with Gasteiger partial charge in [0.1, 0.15) is 6.04 Å². The monoisotopic (exact) mass is 245 g/mol. The Morgan fingerprint density at radius 1 is 1.29 bits per heavy atom. The molecule has 1 aromatic rings. The summed E-state index contributed by atoms with van der Waals surface area (Å²) in [6.45, 7) is 0. The summed E-state index contributed by atoms with van der Waals surface area (Å²) in [7, 11) is 0. The maximum absolute atomic E-state index is 12.2. The predicted molar refractivity (Wildman–Crippen MR) is 56.1 cm³/mol. The van der Waals surface area contributed by atoms with Crippen molar-refractivity contribution in [1.82, 2.24) is 0 Å². The lowest BCUT2D eigenvalue weighted by Gasteiger charge is -2.06. The second-order valence-corrected chi connectivity index (χ2v) is 3.34. The Balaban J connectivity index is 2.79. The van der Waals surface area contributed by atoms with Crippen LogP contribution in [0.4, 0.5) is 13.2 Å². The van der Waals surface area contributed by atoms with Crippen molar-refractivity contribution in [2.45, 2.75) is 12.2 Å². The number of carboxylic acids is 1. The quantitative estimate of drug-likeness (QED) is 0.857. The van der Waals surface area contributed by atoms with Crippen molar-refractivity contribution in [3.63, 3.8) is 0 Å². The van der Waals surface area contributed by atoms with Gasteiger partial charge in [-0.05, 0) is 17.7 Å². The number of nitrogens with two attached hydrogens (primary N) is 1. The fraction of sp³-hybridized carbons (Fsp3) is 0.182. The van der Waals surface area contributed by atoms with Crippen molar-refractivity contribution in [1.29, 1.82) is 0 Å². The van der Waals surface area contributed by atoms with E-state index in [0.29, 0.717) is 5.56 Å². The van der Waals surface area contributed by atoms with Crippen molar-refractivity contribution in [2.75, 3.05) is 0 Å². The maximum atomic E-state index is 12.2. The topological polar surface area (TPSA) is 63.3 Å². The number of rotatable bonds is 3. The molecule has 0 amide bonds. The highest BCUT2D eigenvalue weighted by molar-refractivity contribution is 5.77. The van der Waals surface area contributed by atoms with E-state index in [2.05, 4.69) is 0 Å². The summed E-state index contributed by atoms with van der Waals surface area (Å²) in [4.78, 5) is 10.4. The van der Waals surface area contributed by atoms with E-state index < -0.39 is 23.8 Å². The zero-order valence-corrected chi connectivity index (χ0v) is 8.61. The lowest BCUT2D eigenvalue weighted by Crippen LogP contribution is -2.27. The minimum Gasteiger partial charge on any atom is -0.480 e. The largest absolute Gasteiger partial charge is 0.480 e. The molecule has 0 aliphatic rings. The first-order valence-corrected chi connectivity index (χ1v) is 4.64. The van der Waals surface area contributed by atoms with E-state index >= 15 is 0 Å². The van der Waals surface area contributed by atoms with Crippen LogP contribution >= 0.6 is 0 Å². The van der Waals surface area contributed by atoms with Crippen molar-refractivity contribution in [3.05, 3.63) is 41.5 Å². The molecule has 1 atom stereocenters. The molecule has 3 N–H and O–H groups in total. The molecular weight excluding hydrogens is 235 g/mol. The molecule has 0 aliphatic heterocycles. The lowest BCUT2D eigenvalue weighted by molar-refractivity contribution is -0.138. The SMILES string of the molecule is NC(/C=C/c1ccc(C(F)(F)F)cc1)C(=O)O. The normalized spacial score (nSPS) is 13.9. The summed E-state index contributed by atoms with van der Waals surface area (Å²) >= 11 is 0. The highest BCUT2D eigenvalue weighted by atomic mass is 19.4. The number of alkyl halides is 3. The first kappa shape index (κ1) is 13.2. The molecule has 0 radical (unpaired) electrons. The van der Waals surface area contributed by atoms with Gasteiger partial charge in [0, 0.05) is 0 Å². The second-order valence-electron chi connectivity index (χ2n) is 3.34. The molecule has 1 aromatic carbocycles. The predicted octanol–water partition coefficient (Wildman–Crippen LogP) is 2.13. The van der Waals surface area contributed by atoms with E-state index in [1.165, 1.54) is 24.3 Å². The number of aliphatic carboxylic acids is 1. The summed E-state index contributed by atoms with van der Waals surface area (Å²) in [5, 5.41) is 8.49. The van der Waals surface area contributed by atoms with Crippen LogP contribution in [0.2, 0.25) is 0 Å². The Kier molecular flexibility index (Phi) is 3.90. The van der Waals surface area contributed by atoms with Crippen LogP contribution in [0, 0.1) is 0 Å². The minimum atomic E-state index is -4.38. The van der Waals surface area contributed by atoms with Crippen molar-refractivity contribution in [3.8, 4) is 0 Å². The summed E-state index contributed by atoms with van der Waals surface area (Å²) in [5.41, 5.74) is 4.90. The van der Waals surface area contributed by atoms with E-state index in [0.717, 1.165) is 12.1 Å². The minimum absolute atomic E-state index is 0.453. The average molecular weight is 245 g/mol. The van der Waals surface area contributed by atoms with Crippen molar-refractivity contribution >= 4 is 12.0 Å². The highest BCUT2D eigenvalue weighted by Crippen LogP contribution is 2.29. The molecule has 0 saturated carbocycles. The molecule has 1 rings (SSSR count). The van der Waals surface area contributed by atoms with Crippen LogP contribution in [0.1, 0.15) is 11.1 Å². The Morgan fingerprint density at radius 3 is 2.24 bits per heavy atom. The third kappa shape index (κ3) is 3.92. The van der Waals surface area contributed by atoms with Crippen LogP contribution < -0.4 is 5.73 Å². The van der Waals surface area contributed by atoms with Crippen LogP contribution in [0.5, 0.6) is 0 Å². The van der Waals surface area contributed by atoms with E-state index in [4.69, 9.17) is 10.8 Å². The summed E-state index contributed by atoms with van der Waals surface area (Å²) < 4.78 is 36.7. The van der Waals surface area contributed by atoms with E-state index in [-0.39, 0.29) is 0 Å². The van der Waals surface area contributed by atoms with Gasteiger partial charge in [0.25, 0.3) is 0 Å². The molecule has 0 spiro atoms. The number of hydrogen-bond acceptors (Lipinski definition) is 2. The number of carboxylic acid groups (broad SMARTS) is 1. The fourth-order valence-corrected chi connectivity index (χ4v) is 1.08. The first-order chi connectivity index (χ1) is 7.80. The number of halogens is 3. The van der Waals surface area contributed by atoms with Gasteiger partial charge in [-0.3, -0.25) is 4.79 Å². The standard InChI is InChI=1S/C11H10F3NO2/c12-11(13,14)8-4-1-7(2-5-8)3-6-9(15)10(16)17/h1-6,9H,15H2,(H,16,17)/b6-3+. The number of hydrogen-bond donors (Lipinski definition) is 2. The fourth-order valence-electron chi connectivity index (χ4n) is 1.08. The van der Waals surface area contributed by atoms with Gasteiger partial charge in [0.05, 0.1) is 5.56 Å². The Morgan fingerprint density at radius 2 is 1.82 bits per heavy atom. The molecule has 0 bridgehead atoms. The van der Waals surface area contributed by atoms with E-state index in [9.17, 15) is 18.0 Å². The van der Waals surface area contributed by atoms with E-state index in [1.54, 1.807) is 0 Å². The number of carbonyl (C=O) groups is 1. The number of benzene rings is 1. The highest BCUT2D eigenvalue weighted by Gasteiger charge is 2.29. The van der Waals surface area contributed by atoms with Gasteiger partial charge < -0.3 is 10.8 Å². The third-order valence-electron chi connectivity index (χ3n) is 2.02. The summed E-state index contributed by atoms with van der Waals surface area (Å²) in [5.74, 6) is -1.20. The molecule has 92 valence electrons. The maximum Gasteiger partial charge on any atom is 0.416 e. The first-order valence-electron chi connectivity index (χ1n) is 4.64. The Labute approximate surface area is 95.4 Å². The van der Waals surface area contributed by atoms with E-state index in [1.807, 2.05) is 0 Å². The van der Waals surface area contributed by atoms with Crippen molar-refractivity contribution < 1.29 is 23.1 Å². The van der Waals surface area contributed by atoms with Gasteiger partial charge in [-0.2, -0.15) is 13.2 Å². The van der Waals surface area contributed by atoms with Gasteiger partial charge in [-0.25, -0.2) is 0 Å². The average Bonchev–Trinajstić information content (AvgIpc) is 2.25. The zero-order chi connectivity index (χ0) is 13.1. The van der Waals surface area contributed by atoms with Gasteiger partial charge in [-0.15, -0.1) is 0 Å². The summed E-state index contributed by atoms with van der Waals surface area (Å²) in [6.07, 6.45) is -1.82. The third-order valence-corrected chi connectivity index (χ3v) is 2.02. The van der Waals surface area contributed by atoms with Gasteiger partial charge in [0.2, 0.25) is 0 Å². The summed E-state index contributed by atoms with van der Waals surface area (Å²) in [6, 6.07) is 3.16. The molecule has 17 heavy (non-hydrogen) atoms. The molecule has 6 heteroatoms. The van der Waals surface area contributed by atoms with Gasteiger partial charge in [0.15, 0.2) is 0 Å². The lowest BCUT2D eigenvalue weighted by atomic mass is 10.1. The van der Waals surface area contributed by atoms with Crippen LogP contribution in [-0.2, 0) is 11.0 Å². The van der Waals surface area contributed by atoms with Crippen LogP contribution in [0.3, 0.4) is 0 Å². The molecule has 0 aromatic heterocycles. The van der Waals surface area contributed by atoms with Crippen LogP contribution in [0.25, 0.3) is 6.08 Å². The van der Waals surface area contributed by atoms with Crippen molar-refractivity contribution in [2.24, 2.45) is 5.73 Å². The molecular formula is C11H10F3NO2. The Bertz CT molecular complexity index is 423.